The summed E-state index contributed by atoms with van der Waals surface area (Å²) in [6, 6.07) is 4.31. The quantitative estimate of drug-likeness (QED) is 0.405. The van der Waals surface area contributed by atoms with E-state index in [1.54, 1.807) is 0 Å². The van der Waals surface area contributed by atoms with Crippen LogP contribution in [-0.2, 0) is 0 Å². The molecule has 1 atom stereocenters. The lowest BCUT2D eigenvalue weighted by Gasteiger charge is -2.25. The molecule has 0 saturated heterocycles. The first kappa shape index (κ1) is 12.0. The highest BCUT2D eigenvalue weighted by Crippen LogP contribution is 2.25. The van der Waals surface area contributed by atoms with Crippen LogP contribution < -0.4 is 0 Å². The standard InChI is InChI=1S/C11H24Si/c1-5-8-11-12(4,9-6-2)10-7-3/h6H,2,5,7-11H2,1,3-4H3. The molecule has 0 aliphatic rings. The van der Waals surface area contributed by atoms with Gasteiger partial charge >= 0.3 is 0 Å². The van der Waals surface area contributed by atoms with Crippen LogP contribution in [0.5, 0.6) is 0 Å². The van der Waals surface area contributed by atoms with Crippen molar-refractivity contribution in [3.05, 3.63) is 12.7 Å². The van der Waals surface area contributed by atoms with E-state index < -0.39 is 8.07 Å². The Morgan fingerprint density at radius 3 is 2.25 bits per heavy atom. The maximum Gasteiger partial charge on any atom is 0.0542 e. The molecule has 0 aliphatic heterocycles. The number of hydrogen-bond donors (Lipinski definition) is 0. The lowest BCUT2D eigenvalue weighted by Crippen LogP contribution is -2.28. The summed E-state index contributed by atoms with van der Waals surface area (Å²) in [6.07, 6.45) is 6.28. The third-order valence-corrected chi connectivity index (χ3v) is 7.17. The van der Waals surface area contributed by atoms with E-state index >= 15 is 0 Å². The van der Waals surface area contributed by atoms with Crippen LogP contribution in [0, 0.1) is 0 Å². The van der Waals surface area contributed by atoms with E-state index in [0.29, 0.717) is 0 Å². The summed E-state index contributed by atoms with van der Waals surface area (Å²) in [4.78, 5) is 0. The molecular formula is C11H24Si. The predicted molar refractivity (Wildman–Crippen MR) is 61.4 cm³/mol. The number of unbranched alkanes of at least 4 members (excludes halogenated alkanes) is 1. The first-order valence-electron chi connectivity index (χ1n) is 5.29. The highest BCUT2D eigenvalue weighted by molar-refractivity contribution is 6.79. The maximum absolute atomic E-state index is 3.87. The molecule has 0 saturated carbocycles. The van der Waals surface area contributed by atoms with Crippen LogP contribution in [0.1, 0.15) is 33.1 Å². The van der Waals surface area contributed by atoms with Crippen molar-refractivity contribution < 1.29 is 0 Å². The van der Waals surface area contributed by atoms with Crippen LogP contribution in [0.25, 0.3) is 0 Å². The molecule has 0 aliphatic carbocycles. The molecular weight excluding hydrogens is 160 g/mol. The average Bonchev–Trinajstić information content (AvgIpc) is 2.02. The molecule has 0 fully saturated rings. The van der Waals surface area contributed by atoms with Gasteiger partial charge in [-0.3, -0.25) is 0 Å². The summed E-state index contributed by atoms with van der Waals surface area (Å²) in [5.74, 6) is 0. The van der Waals surface area contributed by atoms with Crippen LogP contribution in [0.2, 0.25) is 24.7 Å². The first-order valence-corrected chi connectivity index (χ1v) is 8.41. The van der Waals surface area contributed by atoms with E-state index in [2.05, 4.69) is 33.0 Å². The van der Waals surface area contributed by atoms with Gasteiger partial charge in [-0.05, 0) is 6.04 Å². The Morgan fingerprint density at radius 1 is 1.17 bits per heavy atom. The zero-order chi connectivity index (χ0) is 9.45. The molecule has 0 amide bonds. The number of rotatable bonds is 7. The highest BCUT2D eigenvalue weighted by Gasteiger charge is 2.22. The smallest absolute Gasteiger partial charge is 0.0542 e. The van der Waals surface area contributed by atoms with Gasteiger partial charge in [-0.25, -0.2) is 0 Å². The second kappa shape index (κ2) is 6.47. The van der Waals surface area contributed by atoms with Gasteiger partial charge in [-0.15, -0.1) is 6.58 Å². The summed E-state index contributed by atoms with van der Waals surface area (Å²) >= 11 is 0. The third-order valence-electron chi connectivity index (χ3n) is 2.62. The van der Waals surface area contributed by atoms with Crippen LogP contribution in [-0.4, -0.2) is 8.07 Å². The second-order valence-electron chi connectivity index (χ2n) is 4.16. The average molecular weight is 184 g/mol. The first-order chi connectivity index (χ1) is 5.68. The SMILES string of the molecule is C=CC[Si](C)(CCC)CCCC. The normalized spacial score (nSPS) is 15.6. The minimum Gasteiger partial charge on any atom is -0.103 e. The minimum absolute atomic E-state index is 0.888. The second-order valence-corrected chi connectivity index (χ2v) is 9.19. The van der Waals surface area contributed by atoms with Gasteiger partial charge in [-0.2, -0.15) is 0 Å². The van der Waals surface area contributed by atoms with E-state index in [0.717, 1.165) is 0 Å². The van der Waals surface area contributed by atoms with Crippen molar-refractivity contribution in [3.8, 4) is 0 Å². The van der Waals surface area contributed by atoms with Gasteiger partial charge in [0.1, 0.15) is 0 Å². The van der Waals surface area contributed by atoms with Crippen LogP contribution in [0.15, 0.2) is 12.7 Å². The predicted octanol–water partition coefficient (Wildman–Crippen LogP) is 4.46. The van der Waals surface area contributed by atoms with Crippen molar-refractivity contribution in [1.82, 2.24) is 0 Å². The zero-order valence-corrected chi connectivity index (χ0v) is 10.0. The van der Waals surface area contributed by atoms with E-state index in [1.165, 1.54) is 37.4 Å². The number of hydrogen-bond acceptors (Lipinski definition) is 0. The lowest BCUT2D eigenvalue weighted by atomic mass is 10.4. The summed E-state index contributed by atoms with van der Waals surface area (Å²) in [5, 5.41) is 0. The van der Waals surface area contributed by atoms with Crippen LogP contribution >= 0.6 is 0 Å². The molecule has 0 bridgehead atoms. The van der Waals surface area contributed by atoms with E-state index in [1.807, 2.05) is 0 Å². The van der Waals surface area contributed by atoms with E-state index in [4.69, 9.17) is 0 Å². The monoisotopic (exact) mass is 184 g/mol. The summed E-state index contributed by atoms with van der Waals surface area (Å²) in [6.45, 7) is 11.0. The molecule has 0 nitrogen and oxygen atoms in total. The van der Waals surface area contributed by atoms with Crippen LogP contribution in [0.3, 0.4) is 0 Å². The molecule has 0 heterocycles. The fraction of sp³-hybridized carbons (Fsp3) is 0.818. The molecule has 0 aromatic carbocycles. The van der Waals surface area contributed by atoms with Gasteiger partial charge in [0.2, 0.25) is 0 Å². The van der Waals surface area contributed by atoms with Gasteiger partial charge in [0, 0.05) is 0 Å². The topological polar surface area (TPSA) is 0 Å². The van der Waals surface area contributed by atoms with Crippen molar-refractivity contribution in [3.63, 3.8) is 0 Å². The van der Waals surface area contributed by atoms with Crippen molar-refractivity contribution in [1.29, 1.82) is 0 Å². The molecule has 0 spiro atoms. The Bertz CT molecular complexity index is 120. The summed E-state index contributed by atoms with van der Waals surface area (Å²) < 4.78 is 0. The third kappa shape index (κ3) is 4.76. The van der Waals surface area contributed by atoms with Crippen molar-refractivity contribution in [2.45, 2.75) is 57.8 Å². The van der Waals surface area contributed by atoms with Gasteiger partial charge in [0.15, 0.2) is 0 Å². The summed E-state index contributed by atoms with van der Waals surface area (Å²) in [5.41, 5.74) is 0. The van der Waals surface area contributed by atoms with E-state index in [9.17, 15) is 0 Å². The molecule has 0 rings (SSSR count). The Labute approximate surface area is 79.1 Å². The Balaban J connectivity index is 3.88. The van der Waals surface area contributed by atoms with E-state index in [-0.39, 0.29) is 0 Å². The Hall–Kier alpha value is -0.0431. The fourth-order valence-electron chi connectivity index (χ4n) is 1.88. The van der Waals surface area contributed by atoms with Crippen molar-refractivity contribution >= 4 is 8.07 Å². The molecule has 1 heteroatoms. The maximum atomic E-state index is 3.87. The molecule has 0 radical (unpaired) electrons. The van der Waals surface area contributed by atoms with Crippen LogP contribution in [0.4, 0.5) is 0 Å². The van der Waals surface area contributed by atoms with Gasteiger partial charge in [-0.1, -0.05) is 57.8 Å². The Kier molecular flexibility index (Phi) is 6.45. The number of allylic oxidation sites excluding steroid dienone is 1. The van der Waals surface area contributed by atoms with Crippen molar-refractivity contribution in [2.24, 2.45) is 0 Å². The molecule has 12 heavy (non-hydrogen) atoms. The molecule has 72 valence electrons. The Morgan fingerprint density at radius 2 is 1.83 bits per heavy atom. The fourth-order valence-corrected chi connectivity index (χ4v) is 5.65. The highest BCUT2D eigenvalue weighted by atomic mass is 28.3. The molecule has 0 N–H and O–H groups in total. The molecule has 0 aromatic rings. The lowest BCUT2D eigenvalue weighted by molar-refractivity contribution is 0.854. The summed E-state index contributed by atoms with van der Waals surface area (Å²) in [7, 11) is -0.888. The van der Waals surface area contributed by atoms with Crippen molar-refractivity contribution in [2.75, 3.05) is 0 Å². The molecule has 1 unspecified atom stereocenters. The largest absolute Gasteiger partial charge is 0.103 e. The minimum atomic E-state index is -0.888. The van der Waals surface area contributed by atoms with Gasteiger partial charge < -0.3 is 0 Å². The zero-order valence-electron chi connectivity index (χ0n) is 9.03. The molecule has 0 aromatic heterocycles. The van der Waals surface area contributed by atoms with Gasteiger partial charge in [0.05, 0.1) is 8.07 Å². The van der Waals surface area contributed by atoms with Gasteiger partial charge in [0.25, 0.3) is 0 Å².